The van der Waals surface area contributed by atoms with Crippen LogP contribution in [0.1, 0.15) is 12.8 Å². The Morgan fingerprint density at radius 1 is 1.41 bits per heavy atom. The molecule has 22 heavy (non-hydrogen) atoms. The smallest absolute Gasteiger partial charge is 0.241 e. The standard InChI is InChI=1S/C16H24N2O4/c1-20-9-10-22-14-4-2-3-13(11-14)18-16(19)15(17)12-5-7-21-8-6-12/h2-4,11-12,15H,5-10,17H2,1H3,(H,18,19). The van der Waals surface area contributed by atoms with Crippen molar-refractivity contribution in [3.05, 3.63) is 24.3 Å². The van der Waals surface area contributed by atoms with Gasteiger partial charge in [-0.1, -0.05) is 6.07 Å². The molecule has 6 heteroatoms. The molecule has 0 aromatic heterocycles. The van der Waals surface area contributed by atoms with Gasteiger partial charge in [0.1, 0.15) is 12.4 Å². The van der Waals surface area contributed by atoms with Gasteiger partial charge < -0.3 is 25.3 Å². The molecule has 1 aliphatic heterocycles. The Kier molecular flexibility index (Phi) is 6.64. The number of carbonyl (C=O) groups is 1. The number of ether oxygens (including phenoxy) is 3. The molecule has 0 aliphatic carbocycles. The van der Waals surface area contributed by atoms with Crippen LogP contribution in [0.3, 0.4) is 0 Å². The molecular formula is C16H24N2O4. The predicted molar refractivity (Wildman–Crippen MR) is 84.0 cm³/mol. The van der Waals surface area contributed by atoms with Crippen LogP contribution in [0, 0.1) is 5.92 Å². The zero-order chi connectivity index (χ0) is 15.8. The van der Waals surface area contributed by atoms with Crippen LogP contribution < -0.4 is 15.8 Å². The lowest BCUT2D eigenvalue weighted by Gasteiger charge is -2.26. The Morgan fingerprint density at radius 3 is 2.91 bits per heavy atom. The molecule has 1 heterocycles. The number of nitrogens with one attached hydrogen (secondary N) is 1. The third-order valence-electron chi connectivity index (χ3n) is 3.73. The first-order chi connectivity index (χ1) is 10.7. The van der Waals surface area contributed by atoms with Crippen molar-refractivity contribution in [2.45, 2.75) is 18.9 Å². The summed E-state index contributed by atoms with van der Waals surface area (Å²) in [4.78, 5) is 12.2. The third kappa shape index (κ3) is 4.98. The minimum atomic E-state index is -0.512. The number of rotatable bonds is 7. The Balaban J connectivity index is 1.88. The first-order valence-corrected chi connectivity index (χ1v) is 7.56. The normalized spacial score (nSPS) is 17.0. The van der Waals surface area contributed by atoms with Gasteiger partial charge in [-0.25, -0.2) is 0 Å². The highest BCUT2D eigenvalue weighted by atomic mass is 16.5. The molecular weight excluding hydrogens is 284 g/mol. The summed E-state index contributed by atoms with van der Waals surface area (Å²) in [5, 5.41) is 2.85. The molecule has 0 spiro atoms. The maximum atomic E-state index is 12.2. The Bertz CT molecular complexity index is 475. The molecule has 1 atom stereocenters. The molecule has 1 amide bonds. The number of amides is 1. The SMILES string of the molecule is COCCOc1cccc(NC(=O)C(N)C2CCOCC2)c1. The van der Waals surface area contributed by atoms with Crippen molar-refractivity contribution in [3.8, 4) is 5.75 Å². The number of carbonyl (C=O) groups excluding carboxylic acids is 1. The number of benzene rings is 1. The molecule has 2 rings (SSSR count). The van der Waals surface area contributed by atoms with Crippen LogP contribution in [0.4, 0.5) is 5.69 Å². The molecule has 0 radical (unpaired) electrons. The van der Waals surface area contributed by atoms with Crippen molar-refractivity contribution in [3.63, 3.8) is 0 Å². The number of methoxy groups -OCH3 is 1. The van der Waals surface area contributed by atoms with E-state index in [1.54, 1.807) is 13.2 Å². The maximum Gasteiger partial charge on any atom is 0.241 e. The molecule has 1 fully saturated rings. The Hall–Kier alpha value is -1.63. The molecule has 1 aliphatic rings. The van der Waals surface area contributed by atoms with E-state index in [9.17, 15) is 4.79 Å². The number of nitrogens with two attached hydrogens (primary N) is 1. The van der Waals surface area contributed by atoms with Crippen LogP contribution in [0.25, 0.3) is 0 Å². The molecule has 0 saturated carbocycles. The van der Waals surface area contributed by atoms with Gasteiger partial charge in [-0.3, -0.25) is 4.79 Å². The van der Waals surface area contributed by atoms with E-state index in [2.05, 4.69) is 5.32 Å². The van der Waals surface area contributed by atoms with E-state index < -0.39 is 6.04 Å². The average Bonchev–Trinajstić information content (AvgIpc) is 2.55. The van der Waals surface area contributed by atoms with E-state index >= 15 is 0 Å². The monoisotopic (exact) mass is 308 g/mol. The van der Waals surface area contributed by atoms with Crippen LogP contribution in [0.5, 0.6) is 5.75 Å². The minimum Gasteiger partial charge on any atom is -0.491 e. The molecule has 1 saturated heterocycles. The summed E-state index contributed by atoms with van der Waals surface area (Å²) >= 11 is 0. The van der Waals surface area contributed by atoms with Gasteiger partial charge in [0.25, 0.3) is 0 Å². The van der Waals surface area contributed by atoms with Gasteiger partial charge in [0.2, 0.25) is 5.91 Å². The first kappa shape index (κ1) is 16.7. The highest BCUT2D eigenvalue weighted by Crippen LogP contribution is 2.21. The summed E-state index contributed by atoms with van der Waals surface area (Å²) in [6.45, 7) is 2.34. The quantitative estimate of drug-likeness (QED) is 0.744. The molecule has 3 N–H and O–H groups in total. The zero-order valence-electron chi connectivity index (χ0n) is 12.9. The second-order valence-electron chi connectivity index (χ2n) is 5.33. The summed E-state index contributed by atoms with van der Waals surface area (Å²) in [6, 6.07) is 6.76. The molecule has 0 bridgehead atoms. The van der Waals surface area contributed by atoms with Crippen molar-refractivity contribution in [1.29, 1.82) is 0 Å². The minimum absolute atomic E-state index is 0.166. The van der Waals surface area contributed by atoms with E-state index in [4.69, 9.17) is 19.9 Å². The van der Waals surface area contributed by atoms with Crippen LogP contribution in [-0.4, -0.2) is 45.5 Å². The second kappa shape index (κ2) is 8.73. The van der Waals surface area contributed by atoms with Gasteiger partial charge in [-0.2, -0.15) is 0 Å². The maximum absolute atomic E-state index is 12.2. The zero-order valence-corrected chi connectivity index (χ0v) is 12.9. The topological polar surface area (TPSA) is 82.8 Å². The Morgan fingerprint density at radius 2 is 2.18 bits per heavy atom. The van der Waals surface area contributed by atoms with E-state index in [1.807, 2.05) is 18.2 Å². The van der Waals surface area contributed by atoms with Crippen LogP contribution >= 0.6 is 0 Å². The summed E-state index contributed by atoms with van der Waals surface area (Å²) in [7, 11) is 1.62. The number of hydrogen-bond acceptors (Lipinski definition) is 5. The van der Waals surface area contributed by atoms with E-state index in [0.29, 0.717) is 37.9 Å². The lowest BCUT2D eigenvalue weighted by Crippen LogP contribution is -2.43. The van der Waals surface area contributed by atoms with E-state index in [1.165, 1.54) is 0 Å². The van der Waals surface area contributed by atoms with Crippen molar-refractivity contribution < 1.29 is 19.0 Å². The molecule has 6 nitrogen and oxygen atoms in total. The average molecular weight is 308 g/mol. The number of anilines is 1. The molecule has 1 unspecified atom stereocenters. The lowest BCUT2D eigenvalue weighted by atomic mass is 9.92. The highest BCUT2D eigenvalue weighted by molar-refractivity contribution is 5.95. The fraction of sp³-hybridized carbons (Fsp3) is 0.562. The van der Waals surface area contributed by atoms with Gasteiger partial charge in [-0.15, -0.1) is 0 Å². The van der Waals surface area contributed by atoms with Crippen LogP contribution in [0.15, 0.2) is 24.3 Å². The van der Waals surface area contributed by atoms with E-state index in [-0.39, 0.29) is 11.8 Å². The van der Waals surface area contributed by atoms with Crippen LogP contribution in [0.2, 0.25) is 0 Å². The fourth-order valence-electron chi connectivity index (χ4n) is 2.42. The van der Waals surface area contributed by atoms with Gasteiger partial charge >= 0.3 is 0 Å². The largest absolute Gasteiger partial charge is 0.491 e. The first-order valence-electron chi connectivity index (χ1n) is 7.56. The Labute approximate surface area is 130 Å². The van der Waals surface area contributed by atoms with E-state index in [0.717, 1.165) is 12.8 Å². The molecule has 1 aromatic carbocycles. The van der Waals surface area contributed by atoms with Crippen molar-refractivity contribution in [1.82, 2.24) is 0 Å². The second-order valence-corrected chi connectivity index (χ2v) is 5.33. The third-order valence-corrected chi connectivity index (χ3v) is 3.73. The van der Waals surface area contributed by atoms with Crippen LogP contribution in [-0.2, 0) is 14.3 Å². The summed E-state index contributed by atoms with van der Waals surface area (Å²) < 4.78 is 15.8. The molecule has 1 aromatic rings. The van der Waals surface area contributed by atoms with Crippen molar-refractivity contribution >= 4 is 11.6 Å². The van der Waals surface area contributed by atoms with Crippen molar-refractivity contribution in [2.75, 3.05) is 38.9 Å². The predicted octanol–water partition coefficient (Wildman–Crippen LogP) is 1.40. The summed E-state index contributed by atoms with van der Waals surface area (Å²) in [5.41, 5.74) is 6.74. The molecule has 122 valence electrons. The van der Waals surface area contributed by atoms with Gasteiger partial charge in [-0.05, 0) is 30.9 Å². The number of hydrogen-bond donors (Lipinski definition) is 2. The van der Waals surface area contributed by atoms with Gasteiger partial charge in [0, 0.05) is 32.1 Å². The fourth-order valence-corrected chi connectivity index (χ4v) is 2.42. The van der Waals surface area contributed by atoms with Crippen molar-refractivity contribution in [2.24, 2.45) is 11.7 Å². The summed E-state index contributed by atoms with van der Waals surface area (Å²) in [6.07, 6.45) is 1.66. The lowest BCUT2D eigenvalue weighted by molar-refractivity contribution is -0.119. The summed E-state index contributed by atoms with van der Waals surface area (Å²) in [5.74, 6) is 0.699. The highest BCUT2D eigenvalue weighted by Gasteiger charge is 2.26. The van der Waals surface area contributed by atoms with Gasteiger partial charge in [0.15, 0.2) is 0 Å². The van der Waals surface area contributed by atoms with Gasteiger partial charge in [0.05, 0.1) is 12.6 Å².